The Hall–Kier alpha value is -2.24. The molecule has 1 aliphatic rings. The summed E-state index contributed by atoms with van der Waals surface area (Å²) in [4.78, 5) is 24.8. The van der Waals surface area contributed by atoms with Crippen molar-refractivity contribution >= 4 is 12.0 Å². The zero-order valence-electron chi connectivity index (χ0n) is 13.0. The average Bonchev–Trinajstić information content (AvgIpc) is 2.91. The van der Waals surface area contributed by atoms with Gasteiger partial charge in [-0.15, -0.1) is 0 Å². The molecular weight excluding hydrogens is 284 g/mol. The van der Waals surface area contributed by atoms with Crippen molar-refractivity contribution in [2.24, 2.45) is 5.41 Å². The lowest BCUT2D eigenvalue weighted by molar-refractivity contribution is -0.147. The van der Waals surface area contributed by atoms with Crippen molar-refractivity contribution in [1.82, 2.24) is 10.2 Å². The van der Waals surface area contributed by atoms with Crippen LogP contribution < -0.4 is 10.1 Å². The normalized spacial score (nSPS) is 20.7. The van der Waals surface area contributed by atoms with E-state index < -0.39 is 11.4 Å². The Morgan fingerprint density at radius 2 is 2.05 bits per heavy atom. The first kappa shape index (κ1) is 16.1. The first-order chi connectivity index (χ1) is 10.4. The SMILES string of the molecule is CCOc1ccc(CNC(=O)N2CCC(C)(C(=O)O)C2)cc1. The molecule has 6 heteroatoms. The molecule has 6 nitrogen and oxygen atoms in total. The van der Waals surface area contributed by atoms with Crippen LogP contribution in [0.5, 0.6) is 5.75 Å². The van der Waals surface area contributed by atoms with Gasteiger partial charge in [-0.05, 0) is 38.0 Å². The van der Waals surface area contributed by atoms with Crippen LogP contribution in [0.1, 0.15) is 25.8 Å². The predicted molar refractivity (Wildman–Crippen MR) is 81.8 cm³/mol. The maximum atomic E-state index is 12.1. The molecule has 22 heavy (non-hydrogen) atoms. The second-order valence-corrected chi connectivity index (χ2v) is 5.77. The summed E-state index contributed by atoms with van der Waals surface area (Å²) in [7, 11) is 0. The monoisotopic (exact) mass is 306 g/mol. The minimum atomic E-state index is -0.852. The van der Waals surface area contributed by atoms with E-state index >= 15 is 0 Å². The molecule has 1 aromatic rings. The van der Waals surface area contributed by atoms with E-state index in [0.29, 0.717) is 26.1 Å². The number of carboxylic acid groups (broad SMARTS) is 1. The van der Waals surface area contributed by atoms with Crippen molar-refractivity contribution in [1.29, 1.82) is 0 Å². The Morgan fingerprint density at radius 3 is 2.59 bits per heavy atom. The van der Waals surface area contributed by atoms with Crippen LogP contribution >= 0.6 is 0 Å². The number of carbonyl (C=O) groups excluding carboxylic acids is 1. The molecule has 1 aromatic carbocycles. The summed E-state index contributed by atoms with van der Waals surface area (Å²) < 4.78 is 5.36. The Bertz CT molecular complexity index is 544. The number of rotatable bonds is 5. The molecule has 1 heterocycles. The van der Waals surface area contributed by atoms with E-state index in [-0.39, 0.29) is 12.6 Å². The summed E-state index contributed by atoms with van der Waals surface area (Å²) >= 11 is 0. The molecule has 0 aromatic heterocycles. The molecule has 0 saturated carbocycles. The number of aliphatic carboxylic acids is 1. The fourth-order valence-electron chi connectivity index (χ4n) is 2.47. The molecular formula is C16H22N2O4. The van der Waals surface area contributed by atoms with Gasteiger partial charge in [0.05, 0.1) is 12.0 Å². The minimum absolute atomic E-state index is 0.223. The third kappa shape index (κ3) is 3.69. The Labute approximate surface area is 130 Å². The minimum Gasteiger partial charge on any atom is -0.494 e. The number of urea groups is 1. The van der Waals surface area contributed by atoms with Crippen molar-refractivity contribution in [2.75, 3.05) is 19.7 Å². The van der Waals surface area contributed by atoms with E-state index in [1.807, 2.05) is 31.2 Å². The Kier molecular flexibility index (Phi) is 4.90. The smallest absolute Gasteiger partial charge is 0.317 e. The average molecular weight is 306 g/mol. The number of carbonyl (C=O) groups is 2. The molecule has 1 saturated heterocycles. The van der Waals surface area contributed by atoms with Gasteiger partial charge in [0.2, 0.25) is 0 Å². The fourth-order valence-corrected chi connectivity index (χ4v) is 2.47. The maximum Gasteiger partial charge on any atom is 0.317 e. The van der Waals surface area contributed by atoms with Crippen LogP contribution in [0, 0.1) is 5.41 Å². The molecule has 2 rings (SSSR count). The van der Waals surface area contributed by atoms with Gasteiger partial charge < -0.3 is 20.1 Å². The molecule has 2 amide bonds. The quantitative estimate of drug-likeness (QED) is 0.873. The van der Waals surface area contributed by atoms with Crippen molar-refractivity contribution in [3.05, 3.63) is 29.8 Å². The van der Waals surface area contributed by atoms with Crippen LogP contribution in [-0.2, 0) is 11.3 Å². The molecule has 1 unspecified atom stereocenters. The highest BCUT2D eigenvalue weighted by atomic mass is 16.5. The van der Waals surface area contributed by atoms with E-state index in [1.165, 1.54) is 0 Å². The number of hydrogen-bond acceptors (Lipinski definition) is 3. The zero-order valence-corrected chi connectivity index (χ0v) is 13.0. The van der Waals surface area contributed by atoms with Crippen LogP contribution in [0.2, 0.25) is 0 Å². The van der Waals surface area contributed by atoms with Crippen molar-refractivity contribution in [3.63, 3.8) is 0 Å². The maximum absolute atomic E-state index is 12.1. The molecule has 1 fully saturated rings. The van der Waals surface area contributed by atoms with Gasteiger partial charge in [0.15, 0.2) is 0 Å². The summed E-state index contributed by atoms with van der Waals surface area (Å²) in [5, 5.41) is 12.0. The van der Waals surface area contributed by atoms with E-state index in [1.54, 1.807) is 11.8 Å². The van der Waals surface area contributed by atoms with Gasteiger partial charge >= 0.3 is 12.0 Å². The third-order valence-corrected chi connectivity index (χ3v) is 3.95. The van der Waals surface area contributed by atoms with Crippen LogP contribution in [0.25, 0.3) is 0 Å². The molecule has 0 aliphatic carbocycles. The first-order valence-electron chi connectivity index (χ1n) is 7.42. The van der Waals surface area contributed by atoms with E-state index in [2.05, 4.69) is 5.32 Å². The highest BCUT2D eigenvalue weighted by Crippen LogP contribution is 2.29. The number of likely N-dealkylation sites (tertiary alicyclic amines) is 1. The highest BCUT2D eigenvalue weighted by molar-refractivity contribution is 5.79. The largest absolute Gasteiger partial charge is 0.494 e. The lowest BCUT2D eigenvalue weighted by Gasteiger charge is -2.20. The number of carboxylic acids is 1. The second-order valence-electron chi connectivity index (χ2n) is 5.77. The Morgan fingerprint density at radius 1 is 1.36 bits per heavy atom. The third-order valence-electron chi connectivity index (χ3n) is 3.95. The van der Waals surface area contributed by atoms with Crippen molar-refractivity contribution in [3.8, 4) is 5.75 Å². The number of benzene rings is 1. The number of hydrogen-bond donors (Lipinski definition) is 2. The van der Waals surface area contributed by atoms with Gasteiger partial charge in [-0.25, -0.2) is 4.79 Å². The van der Waals surface area contributed by atoms with Gasteiger partial charge in [0.1, 0.15) is 5.75 Å². The summed E-state index contributed by atoms with van der Waals surface area (Å²) in [5.74, 6) is -0.0522. The van der Waals surface area contributed by atoms with E-state index in [4.69, 9.17) is 4.74 Å². The number of amides is 2. The van der Waals surface area contributed by atoms with Gasteiger partial charge in [0, 0.05) is 19.6 Å². The Balaban J connectivity index is 1.84. The van der Waals surface area contributed by atoms with Gasteiger partial charge in [-0.1, -0.05) is 12.1 Å². The fraction of sp³-hybridized carbons (Fsp3) is 0.500. The topological polar surface area (TPSA) is 78.9 Å². The summed E-state index contributed by atoms with van der Waals surface area (Å²) in [6, 6.07) is 7.30. The van der Waals surface area contributed by atoms with Gasteiger partial charge in [-0.3, -0.25) is 4.79 Å². The highest BCUT2D eigenvalue weighted by Gasteiger charge is 2.42. The van der Waals surface area contributed by atoms with E-state index in [0.717, 1.165) is 11.3 Å². The van der Waals surface area contributed by atoms with Gasteiger partial charge in [-0.2, -0.15) is 0 Å². The second kappa shape index (κ2) is 6.68. The molecule has 120 valence electrons. The molecule has 0 radical (unpaired) electrons. The molecule has 2 N–H and O–H groups in total. The lowest BCUT2D eigenvalue weighted by atomic mass is 9.90. The predicted octanol–water partition coefficient (Wildman–Crippen LogP) is 2.09. The van der Waals surface area contributed by atoms with Crippen LogP contribution in [0.3, 0.4) is 0 Å². The lowest BCUT2D eigenvalue weighted by Crippen LogP contribution is -2.40. The summed E-state index contributed by atoms with van der Waals surface area (Å²) in [6.45, 7) is 5.35. The van der Waals surface area contributed by atoms with Crippen molar-refractivity contribution in [2.45, 2.75) is 26.8 Å². The molecule has 0 spiro atoms. The van der Waals surface area contributed by atoms with Crippen LogP contribution in [0.15, 0.2) is 24.3 Å². The molecule has 0 bridgehead atoms. The van der Waals surface area contributed by atoms with Crippen molar-refractivity contribution < 1.29 is 19.4 Å². The zero-order chi connectivity index (χ0) is 16.2. The van der Waals surface area contributed by atoms with Crippen LogP contribution in [-0.4, -0.2) is 41.7 Å². The number of ether oxygens (including phenoxy) is 1. The molecule has 1 aliphatic heterocycles. The first-order valence-corrected chi connectivity index (χ1v) is 7.42. The number of nitrogens with one attached hydrogen (secondary N) is 1. The summed E-state index contributed by atoms with van der Waals surface area (Å²) in [6.07, 6.45) is 0.485. The van der Waals surface area contributed by atoms with Crippen LogP contribution in [0.4, 0.5) is 4.79 Å². The number of nitrogens with zero attached hydrogens (tertiary/aromatic N) is 1. The van der Waals surface area contributed by atoms with E-state index in [9.17, 15) is 14.7 Å². The summed E-state index contributed by atoms with van der Waals surface area (Å²) in [5.41, 5.74) is 0.133. The van der Waals surface area contributed by atoms with Gasteiger partial charge in [0.25, 0.3) is 0 Å². The standard InChI is InChI=1S/C16H22N2O4/c1-3-22-13-6-4-12(5-7-13)10-17-15(21)18-9-8-16(2,11-18)14(19)20/h4-7H,3,8-11H2,1-2H3,(H,17,21)(H,19,20). The molecule has 1 atom stereocenters.